The van der Waals surface area contributed by atoms with Gasteiger partial charge in [-0.1, -0.05) is 35.1 Å². The monoisotopic (exact) mass is 427 g/mol. The molecular weight excluding hydrogens is 414 g/mol. The van der Waals surface area contributed by atoms with Crippen LogP contribution in [0.5, 0.6) is 10.9 Å². The number of benzene rings is 1. The molecule has 0 saturated heterocycles. The van der Waals surface area contributed by atoms with Crippen molar-refractivity contribution in [1.82, 2.24) is 15.0 Å². The van der Waals surface area contributed by atoms with Crippen molar-refractivity contribution in [3.63, 3.8) is 0 Å². The zero-order chi connectivity index (χ0) is 19.5. The number of nitrogens with one attached hydrogen (secondary N) is 1. The molecule has 6 nitrogen and oxygen atoms in total. The summed E-state index contributed by atoms with van der Waals surface area (Å²) in [6.07, 6.45) is 2.37. The van der Waals surface area contributed by atoms with Crippen molar-refractivity contribution in [2.75, 3.05) is 11.9 Å². The fourth-order valence-electron chi connectivity index (χ4n) is 2.64. The van der Waals surface area contributed by atoms with E-state index < -0.39 is 0 Å². The van der Waals surface area contributed by atoms with Gasteiger partial charge in [0.05, 0.1) is 16.1 Å². The molecule has 4 aromatic rings. The molecular formula is C19H14ClN5OS2. The highest BCUT2D eigenvalue weighted by atomic mass is 35.5. The Morgan fingerprint density at radius 3 is 2.82 bits per heavy atom. The highest BCUT2D eigenvalue weighted by molar-refractivity contribution is 7.17. The number of aromatic nitrogens is 3. The van der Waals surface area contributed by atoms with Gasteiger partial charge in [-0.05, 0) is 31.0 Å². The molecule has 0 amide bonds. The number of halogens is 1. The molecule has 0 aliphatic heterocycles. The molecule has 0 radical (unpaired) electrons. The van der Waals surface area contributed by atoms with Crippen molar-refractivity contribution < 1.29 is 4.74 Å². The zero-order valence-corrected chi connectivity index (χ0v) is 17.2. The van der Waals surface area contributed by atoms with Gasteiger partial charge in [-0.2, -0.15) is 5.26 Å². The molecule has 0 bridgehead atoms. The lowest BCUT2D eigenvalue weighted by atomic mass is 10.1. The third kappa shape index (κ3) is 3.92. The smallest absolute Gasteiger partial charge is 0.280 e. The Labute approximate surface area is 174 Å². The van der Waals surface area contributed by atoms with Crippen molar-refractivity contribution in [3.05, 3.63) is 57.1 Å². The summed E-state index contributed by atoms with van der Waals surface area (Å²) in [5, 5.41) is 16.2. The highest BCUT2D eigenvalue weighted by Crippen LogP contribution is 2.32. The molecule has 28 heavy (non-hydrogen) atoms. The van der Waals surface area contributed by atoms with E-state index in [1.54, 1.807) is 13.3 Å². The van der Waals surface area contributed by atoms with E-state index in [0.717, 1.165) is 34.6 Å². The summed E-state index contributed by atoms with van der Waals surface area (Å²) in [5.74, 6) is 1.45. The van der Waals surface area contributed by atoms with Gasteiger partial charge in [-0.15, -0.1) is 11.3 Å². The molecule has 0 unspecified atom stereocenters. The predicted octanol–water partition coefficient (Wildman–Crippen LogP) is 5.43. The van der Waals surface area contributed by atoms with Crippen LogP contribution in [0.1, 0.15) is 16.1 Å². The number of fused-ring (bicyclic) bond motifs is 1. The Balaban J connectivity index is 1.37. The topological polar surface area (TPSA) is 83.7 Å². The first-order chi connectivity index (χ1) is 13.6. The second-order valence-electron chi connectivity index (χ2n) is 5.91. The predicted molar refractivity (Wildman–Crippen MR) is 113 cm³/mol. The standard InChI is InChI=1S/C19H14ClN5OS2/c1-11-15(8-21)28-19(25-11)26-13-4-2-12(3-5-13)6-7-22-17-16-14(20)9-27-18(16)24-10-23-17/h2-5,9-10H,6-7H2,1H3,(H,22,23,24). The number of nitriles is 1. The van der Waals surface area contributed by atoms with Gasteiger partial charge in [-0.3, -0.25) is 0 Å². The number of ether oxygens (including phenoxy) is 1. The second-order valence-corrected chi connectivity index (χ2v) is 8.14. The van der Waals surface area contributed by atoms with Crippen molar-refractivity contribution in [2.24, 2.45) is 0 Å². The van der Waals surface area contributed by atoms with Crippen LogP contribution in [0.4, 0.5) is 5.82 Å². The molecule has 1 N–H and O–H groups in total. The van der Waals surface area contributed by atoms with Crippen LogP contribution in [0.25, 0.3) is 10.2 Å². The van der Waals surface area contributed by atoms with E-state index in [-0.39, 0.29) is 0 Å². The summed E-state index contributed by atoms with van der Waals surface area (Å²) >= 11 is 8.98. The summed E-state index contributed by atoms with van der Waals surface area (Å²) in [5.41, 5.74) is 1.85. The Hall–Kier alpha value is -2.73. The van der Waals surface area contributed by atoms with Gasteiger partial charge in [-0.25, -0.2) is 15.0 Å². The molecule has 0 aliphatic carbocycles. The maximum absolute atomic E-state index is 9.00. The molecule has 140 valence electrons. The molecule has 9 heteroatoms. The molecule has 0 aliphatic rings. The van der Waals surface area contributed by atoms with Crippen LogP contribution in [0.2, 0.25) is 5.02 Å². The van der Waals surface area contributed by atoms with E-state index in [1.807, 2.05) is 29.6 Å². The number of thiazole rings is 1. The second kappa shape index (κ2) is 8.10. The van der Waals surface area contributed by atoms with E-state index in [4.69, 9.17) is 21.6 Å². The number of thiophene rings is 1. The van der Waals surface area contributed by atoms with Gasteiger partial charge in [0.1, 0.15) is 33.7 Å². The van der Waals surface area contributed by atoms with E-state index in [9.17, 15) is 0 Å². The van der Waals surface area contributed by atoms with Crippen LogP contribution >= 0.6 is 34.3 Å². The Kier molecular flexibility index (Phi) is 5.39. The Bertz CT molecular complexity index is 1160. The van der Waals surface area contributed by atoms with Crippen molar-refractivity contribution in [2.45, 2.75) is 13.3 Å². The summed E-state index contributed by atoms with van der Waals surface area (Å²) in [6, 6.07) is 9.93. The fraction of sp³-hybridized carbons (Fsp3) is 0.158. The summed E-state index contributed by atoms with van der Waals surface area (Å²) in [7, 11) is 0. The first-order valence-corrected chi connectivity index (χ1v) is 10.5. The van der Waals surface area contributed by atoms with Gasteiger partial charge >= 0.3 is 0 Å². The Morgan fingerprint density at radius 2 is 2.07 bits per heavy atom. The third-order valence-corrected chi connectivity index (χ3v) is 6.29. The maximum Gasteiger partial charge on any atom is 0.280 e. The minimum atomic E-state index is 0.476. The minimum Gasteiger partial charge on any atom is -0.431 e. The van der Waals surface area contributed by atoms with E-state index >= 15 is 0 Å². The summed E-state index contributed by atoms with van der Waals surface area (Å²) in [4.78, 5) is 14.2. The summed E-state index contributed by atoms with van der Waals surface area (Å²) < 4.78 is 5.73. The highest BCUT2D eigenvalue weighted by Gasteiger charge is 2.10. The number of aryl methyl sites for hydroxylation is 1. The average molecular weight is 428 g/mol. The van der Waals surface area contributed by atoms with Crippen molar-refractivity contribution >= 4 is 50.3 Å². The fourth-order valence-corrected chi connectivity index (χ4v) is 4.51. The number of anilines is 1. The molecule has 1 aromatic carbocycles. The first kappa shape index (κ1) is 18.6. The van der Waals surface area contributed by atoms with Crippen LogP contribution in [-0.2, 0) is 6.42 Å². The van der Waals surface area contributed by atoms with Crippen molar-refractivity contribution in [1.29, 1.82) is 5.26 Å². The quantitative estimate of drug-likeness (QED) is 0.441. The third-order valence-electron chi connectivity index (χ3n) is 4.04. The average Bonchev–Trinajstić information content (AvgIpc) is 3.26. The molecule has 3 heterocycles. The van der Waals surface area contributed by atoms with E-state index in [0.29, 0.717) is 26.5 Å². The number of nitrogens with zero attached hydrogens (tertiary/aromatic N) is 4. The number of hydrogen-bond donors (Lipinski definition) is 1. The zero-order valence-electron chi connectivity index (χ0n) is 14.8. The molecule has 0 spiro atoms. The van der Waals surface area contributed by atoms with Gasteiger partial charge < -0.3 is 10.1 Å². The lowest BCUT2D eigenvalue weighted by molar-refractivity contribution is 0.477. The molecule has 0 fully saturated rings. The lowest BCUT2D eigenvalue weighted by Crippen LogP contribution is -2.06. The van der Waals surface area contributed by atoms with Crippen LogP contribution in [-0.4, -0.2) is 21.5 Å². The van der Waals surface area contributed by atoms with Crippen LogP contribution in [0.15, 0.2) is 36.0 Å². The largest absolute Gasteiger partial charge is 0.431 e. The minimum absolute atomic E-state index is 0.476. The number of rotatable bonds is 6. The molecule has 0 atom stereocenters. The van der Waals surface area contributed by atoms with Crippen LogP contribution in [0, 0.1) is 18.3 Å². The summed E-state index contributed by atoms with van der Waals surface area (Å²) in [6.45, 7) is 2.52. The van der Waals surface area contributed by atoms with Gasteiger partial charge in [0.25, 0.3) is 5.19 Å². The van der Waals surface area contributed by atoms with Crippen LogP contribution in [0.3, 0.4) is 0 Å². The van der Waals surface area contributed by atoms with Gasteiger partial charge in [0, 0.05) is 11.9 Å². The van der Waals surface area contributed by atoms with Crippen LogP contribution < -0.4 is 10.1 Å². The lowest BCUT2D eigenvalue weighted by Gasteiger charge is -2.08. The van der Waals surface area contributed by atoms with Gasteiger partial charge in [0.2, 0.25) is 0 Å². The first-order valence-electron chi connectivity index (χ1n) is 8.40. The van der Waals surface area contributed by atoms with E-state index in [1.165, 1.54) is 22.7 Å². The molecule has 3 aromatic heterocycles. The normalized spacial score (nSPS) is 10.8. The number of hydrogen-bond acceptors (Lipinski definition) is 8. The SMILES string of the molecule is Cc1nc(Oc2ccc(CCNc3ncnc4scc(Cl)c34)cc2)sc1C#N. The van der Waals surface area contributed by atoms with E-state index in [2.05, 4.69) is 26.3 Å². The maximum atomic E-state index is 9.00. The Morgan fingerprint density at radius 1 is 1.25 bits per heavy atom. The molecule has 0 saturated carbocycles. The molecule has 4 rings (SSSR count). The van der Waals surface area contributed by atoms with Crippen molar-refractivity contribution in [3.8, 4) is 17.0 Å². The van der Waals surface area contributed by atoms with Gasteiger partial charge in [0.15, 0.2) is 0 Å².